The number of ether oxygens (including phenoxy) is 1. The number of hydrogen-bond acceptors (Lipinski definition) is 4. The summed E-state index contributed by atoms with van der Waals surface area (Å²) in [5.74, 6) is 6.01. The summed E-state index contributed by atoms with van der Waals surface area (Å²) in [5.41, 5.74) is 2.22. The van der Waals surface area contributed by atoms with E-state index in [-0.39, 0.29) is 0 Å². The molecule has 0 aliphatic rings. The molecule has 1 rings (SSSR count). The van der Waals surface area contributed by atoms with Gasteiger partial charge in [-0.05, 0) is 25.1 Å². The summed E-state index contributed by atoms with van der Waals surface area (Å²) in [7, 11) is 1.56. The van der Waals surface area contributed by atoms with Crippen LogP contribution < -0.4 is 16.0 Å². The van der Waals surface area contributed by atoms with E-state index in [4.69, 9.17) is 15.8 Å². The Balaban J connectivity index is 3.34. The highest BCUT2D eigenvalue weighted by Crippen LogP contribution is 2.31. The zero-order valence-corrected chi connectivity index (χ0v) is 10.1. The Morgan fingerprint density at radius 1 is 1.60 bits per heavy atom. The van der Waals surface area contributed by atoms with Crippen LogP contribution in [0.4, 0.5) is 0 Å². The van der Waals surface area contributed by atoms with Crippen LogP contribution in [0.25, 0.3) is 0 Å². The van der Waals surface area contributed by atoms with Crippen LogP contribution >= 0.6 is 15.9 Å². The van der Waals surface area contributed by atoms with Crippen molar-refractivity contribution < 1.29 is 4.74 Å². The second kappa shape index (κ2) is 4.62. The lowest BCUT2D eigenvalue weighted by Crippen LogP contribution is -2.43. The lowest BCUT2D eigenvalue weighted by Gasteiger charge is -2.23. The summed E-state index contributed by atoms with van der Waals surface area (Å²) < 4.78 is 6.05. The van der Waals surface area contributed by atoms with Crippen LogP contribution in [-0.4, -0.2) is 7.11 Å². The van der Waals surface area contributed by atoms with Gasteiger partial charge in [0.15, 0.2) is 0 Å². The van der Waals surface area contributed by atoms with E-state index in [1.807, 2.05) is 12.1 Å². The smallest absolute Gasteiger partial charge is 0.145 e. The number of nitrogens with two attached hydrogens (primary N) is 1. The zero-order valence-electron chi connectivity index (χ0n) is 8.54. The van der Waals surface area contributed by atoms with Gasteiger partial charge in [0, 0.05) is 10.0 Å². The van der Waals surface area contributed by atoms with Crippen molar-refractivity contribution in [2.24, 2.45) is 5.84 Å². The summed E-state index contributed by atoms with van der Waals surface area (Å²) in [4.78, 5) is 0. The molecule has 0 heterocycles. The maximum Gasteiger partial charge on any atom is 0.145 e. The minimum absolute atomic E-state index is 0.625. The molecule has 80 valence electrons. The lowest BCUT2D eigenvalue weighted by molar-refractivity contribution is 0.387. The van der Waals surface area contributed by atoms with Crippen LogP contribution in [0.3, 0.4) is 0 Å². The molecular weight excluding hydrogens is 258 g/mol. The van der Waals surface area contributed by atoms with Gasteiger partial charge >= 0.3 is 0 Å². The van der Waals surface area contributed by atoms with Gasteiger partial charge in [0.25, 0.3) is 0 Å². The van der Waals surface area contributed by atoms with Crippen LogP contribution in [-0.2, 0) is 5.54 Å². The highest BCUT2D eigenvalue weighted by molar-refractivity contribution is 9.10. The molecule has 0 amide bonds. The average Bonchev–Trinajstić information content (AvgIpc) is 2.28. The molecule has 1 atom stereocenters. The van der Waals surface area contributed by atoms with Crippen molar-refractivity contribution in [1.82, 2.24) is 5.43 Å². The normalized spacial score (nSPS) is 14.1. The van der Waals surface area contributed by atoms with E-state index in [0.29, 0.717) is 11.3 Å². The van der Waals surface area contributed by atoms with Gasteiger partial charge in [-0.25, -0.2) is 5.43 Å². The van der Waals surface area contributed by atoms with Crippen molar-refractivity contribution in [3.8, 4) is 11.8 Å². The minimum atomic E-state index is -0.963. The van der Waals surface area contributed by atoms with Crippen molar-refractivity contribution in [2.45, 2.75) is 12.5 Å². The molecule has 0 spiro atoms. The number of nitrogens with one attached hydrogen (secondary N) is 1. The van der Waals surface area contributed by atoms with Gasteiger partial charge in [0.2, 0.25) is 0 Å². The molecule has 0 saturated heterocycles. The van der Waals surface area contributed by atoms with Gasteiger partial charge in [-0.1, -0.05) is 15.9 Å². The van der Waals surface area contributed by atoms with Crippen molar-refractivity contribution >= 4 is 15.9 Å². The molecule has 5 heteroatoms. The number of nitriles is 1. The summed E-state index contributed by atoms with van der Waals surface area (Å²) in [6.07, 6.45) is 0. The molecule has 1 aromatic rings. The summed E-state index contributed by atoms with van der Waals surface area (Å²) >= 11 is 3.34. The third-order valence-electron chi connectivity index (χ3n) is 2.21. The van der Waals surface area contributed by atoms with Gasteiger partial charge in [-0.15, -0.1) is 0 Å². The van der Waals surface area contributed by atoms with Crippen molar-refractivity contribution in [2.75, 3.05) is 7.11 Å². The van der Waals surface area contributed by atoms with Crippen molar-refractivity contribution in [1.29, 1.82) is 5.26 Å². The molecule has 1 unspecified atom stereocenters. The molecule has 15 heavy (non-hydrogen) atoms. The van der Waals surface area contributed by atoms with Gasteiger partial charge in [0.05, 0.1) is 13.2 Å². The summed E-state index contributed by atoms with van der Waals surface area (Å²) in [6.45, 7) is 1.69. The van der Waals surface area contributed by atoms with Gasteiger partial charge in [-0.3, -0.25) is 5.84 Å². The number of rotatable bonds is 3. The van der Waals surface area contributed by atoms with Crippen LogP contribution in [0.2, 0.25) is 0 Å². The van der Waals surface area contributed by atoms with Crippen molar-refractivity contribution in [3.63, 3.8) is 0 Å². The standard InChI is InChI=1S/C10H12BrN3O/c1-10(6-12,14-13)8-5-7(11)3-4-9(8)15-2/h3-5,14H,13H2,1-2H3. The largest absolute Gasteiger partial charge is 0.496 e. The number of halogens is 1. The van der Waals surface area contributed by atoms with Crippen molar-refractivity contribution in [3.05, 3.63) is 28.2 Å². The van der Waals surface area contributed by atoms with Crippen LogP contribution in [0.15, 0.2) is 22.7 Å². The zero-order chi connectivity index (χ0) is 11.5. The van der Waals surface area contributed by atoms with Gasteiger partial charge < -0.3 is 4.74 Å². The maximum atomic E-state index is 9.09. The molecule has 0 aromatic heterocycles. The topological polar surface area (TPSA) is 71.1 Å². The molecule has 1 aromatic carbocycles. The molecule has 0 aliphatic heterocycles. The quantitative estimate of drug-likeness (QED) is 0.647. The summed E-state index contributed by atoms with van der Waals surface area (Å²) in [6, 6.07) is 7.54. The van der Waals surface area contributed by atoms with Gasteiger partial charge in [0.1, 0.15) is 11.3 Å². The number of hydrogen-bond donors (Lipinski definition) is 2. The number of nitrogens with zero attached hydrogens (tertiary/aromatic N) is 1. The van der Waals surface area contributed by atoms with Crippen LogP contribution in [0.1, 0.15) is 12.5 Å². The van der Waals surface area contributed by atoms with E-state index in [9.17, 15) is 0 Å². The second-order valence-electron chi connectivity index (χ2n) is 3.23. The first-order valence-electron chi connectivity index (χ1n) is 4.30. The Morgan fingerprint density at radius 2 is 2.27 bits per heavy atom. The Hall–Kier alpha value is -1.09. The number of benzene rings is 1. The first-order chi connectivity index (χ1) is 7.07. The molecular formula is C10H12BrN3O. The van der Waals surface area contributed by atoms with E-state index in [1.165, 1.54) is 0 Å². The minimum Gasteiger partial charge on any atom is -0.496 e. The predicted octanol–water partition coefficient (Wildman–Crippen LogP) is 1.66. The number of methoxy groups -OCH3 is 1. The van der Waals surface area contributed by atoms with E-state index >= 15 is 0 Å². The highest BCUT2D eigenvalue weighted by atomic mass is 79.9. The molecule has 0 bridgehead atoms. The Morgan fingerprint density at radius 3 is 2.73 bits per heavy atom. The molecule has 4 nitrogen and oxygen atoms in total. The molecule has 0 fully saturated rings. The fourth-order valence-corrected chi connectivity index (χ4v) is 1.60. The van der Waals surface area contributed by atoms with E-state index < -0.39 is 5.54 Å². The monoisotopic (exact) mass is 269 g/mol. The average molecular weight is 270 g/mol. The Kier molecular flexibility index (Phi) is 3.69. The fourth-order valence-electron chi connectivity index (χ4n) is 1.24. The Bertz CT molecular complexity index is 402. The fraction of sp³-hybridized carbons (Fsp3) is 0.300. The van der Waals surface area contributed by atoms with Gasteiger partial charge in [-0.2, -0.15) is 5.26 Å². The third kappa shape index (κ3) is 2.29. The van der Waals surface area contributed by atoms with E-state index in [2.05, 4.69) is 27.4 Å². The predicted molar refractivity (Wildman–Crippen MR) is 61.0 cm³/mol. The number of hydrazine groups is 1. The van der Waals surface area contributed by atoms with Crippen LogP contribution in [0, 0.1) is 11.3 Å². The highest BCUT2D eigenvalue weighted by Gasteiger charge is 2.28. The summed E-state index contributed by atoms with van der Waals surface area (Å²) in [5, 5.41) is 9.09. The van der Waals surface area contributed by atoms with E-state index in [1.54, 1.807) is 20.1 Å². The molecule has 0 saturated carbocycles. The molecule has 3 N–H and O–H groups in total. The molecule has 0 radical (unpaired) electrons. The first kappa shape index (κ1) is 12.0. The second-order valence-corrected chi connectivity index (χ2v) is 4.14. The Labute approximate surface area is 97.1 Å². The maximum absolute atomic E-state index is 9.09. The third-order valence-corrected chi connectivity index (χ3v) is 2.71. The molecule has 0 aliphatic carbocycles. The first-order valence-corrected chi connectivity index (χ1v) is 5.09. The van der Waals surface area contributed by atoms with E-state index in [0.717, 1.165) is 4.47 Å². The van der Waals surface area contributed by atoms with Crippen LogP contribution in [0.5, 0.6) is 5.75 Å². The SMILES string of the molecule is COc1ccc(Br)cc1C(C)(C#N)NN. The lowest BCUT2D eigenvalue weighted by atomic mass is 9.93.